The summed E-state index contributed by atoms with van der Waals surface area (Å²) in [5.74, 6) is -1.26. The topological polar surface area (TPSA) is 66.3 Å². The van der Waals surface area contributed by atoms with Crippen molar-refractivity contribution in [1.29, 1.82) is 0 Å². The molecule has 0 aliphatic heterocycles. The van der Waals surface area contributed by atoms with E-state index >= 15 is 0 Å². The van der Waals surface area contributed by atoms with Crippen molar-refractivity contribution in [3.8, 4) is 0 Å². The summed E-state index contributed by atoms with van der Waals surface area (Å²) in [6.07, 6.45) is -2.17. The molecule has 0 unspecified atom stereocenters. The van der Waals surface area contributed by atoms with Gasteiger partial charge in [0, 0.05) is 12.7 Å². The number of hydrogen-bond donors (Lipinski definition) is 1. The normalized spacial score (nSPS) is 11.8. The maximum atomic E-state index is 12.1. The molecule has 0 aromatic carbocycles. The van der Waals surface area contributed by atoms with Crippen LogP contribution in [0.15, 0.2) is 12.5 Å². The molecular weight excluding hydrogens is 239 g/mol. The average molecular weight is 249 g/mol. The molecule has 1 aromatic heterocycles. The molecule has 1 rings (SSSR count). The monoisotopic (exact) mass is 249 g/mol. The molecule has 8 heteroatoms. The van der Waals surface area contributed by atoms with Gasteiger partial charge in [0.2, 0.25) is 0 Å². The summed E-state index contributed by atoms with van der Waals surface area (Å²) < 4.78 is 36.2. The second-order valence-corrected chi connectivity index (χ2v) is 3.48. The molecule has 0 bridgehead atoms. The van der Waals surface area contributed by atoms with E-state index in [2.05, 4.69) is 9.97 Å². The number of carboxylic acid groups (broad SMARTS) is 1. The second-order valence-electron chi connectivity index (χ2n) is 3.48. The van der Waals surface area contributed by atoms with Crippen molar-refractivity contribution in [2.24, 2.45) is 0 Å². The van der Waals surface area contributed by atoms with E-state index in [1.54, 1.807) is 0 Å². The van der Waals surface area contributed by atoms with Gasteiger partial charge < -0.3 is 5.11 Å². The summed E-state index contributed by atoms with van der Waals surface area (Å²) in [6.45, 7) is -1.33. The smallest absolute Gasteiger partial charge is 0.401 e. The highest BCUT2D eigenvalue weighted by molar-refractivity contribution is 5.88. The molecule has 0 saturated carbocycles. The highest BCUT2D eigenvalue weighted by Crippen LogP contribution is 2.17. The molecule has 0 atom stereocenters. The third kappa shape index (κ3) is 4.35. The van der Waals surface area contributed by atoms with Crippen LogP contribution in [0, 0.1) is 0 Å². The van der Waals surface area contributed by atoms with E-state index in [0.29, 0.717) is 0 Å². The number of aromatic carboxylic acids is 1. The van der Waals surface area contributed by atoms with E-state index in [4.69, 9.17) is 5.11 Å². The van der Waals surface area contributed by atoms with E-state index in [1.165, 1.54) is 7.05 Å². The molecular formula is C9H10F3N3O2. The lowest BCUT2D eigenvalue weighted by molar-refractivity contribution is -0.144. The van der Waals surface area contributed by atoms with Crippen LogP contribution in [0.3, 0.4) is 0 Å². The maximum absolute atomic E-state index is 12.1. The van der Waals surface area contributed by atoms with Crippen LogP contribution in [0.1, 0.15) is 16.1 Å². The first-order chi connectivity index (χ1) is 7.79. The summed E-state index contributed by atoms with van der Waals surface area (Å²) in [5, 5.41) is 8.79. The predicted molar refractivity (Wildman–Crippen MR) is 51.4 cm³/mol. The number of hydrogen-bond acceptors (Lipinski definition) is 4. The third-order valence-electron chi connectivity index (χ3n) is 1.89. The molecule has 1 heterocycles. The number of nitrogens with zero attached hydrogens (tertiary/aromatic N) is 3. The highest BCUT2D eigenvalue weighted by atomic mass is 19.4. The summed E-state index contributed by atoms with van der Waals surface area (Å²) in [4.78, 5) is 18.9. The van der Waals surface area contributed by atoms with Crippen LogP contribution < -0.4 is 0 Å². The van der Waals surface area contributed by atoms with Gasteiger partial charge in [0.15, 0.2) is 0 Å². The number of rotatable bonds is 4. The van der Waals surface area contributed by atoms with Gasteiger partial charge in [-0.25, -0.2) is 14.8 Å². The van der Waals surface area contributed by atoms with Gasteiger partial charge in [0.1, 0.15) is 11.9 Å². The van der Waals surface area contributed by atoms with Crippen LogP contribution in [0.2, 0.25) is 0 Å². The second kappa shape index (κ2) is 5.09. The lowest BCUT2D eigenvalue weighted by atomic mass is 10.2. The fourth-order valence-corrected chi connectivity index (χ4v) is 1.28. The van der Waals surface area contributed by atoms with Crippen molar-refractivity contribution >= 4 is 5.97 Å². The Morgan fingerprint density at radius 2 is 2.18 bits per heavy atom. The van der Waals surface area contributed by atoms with E-state index in [9.17, 15) is 18.0 Å². The quantitative estimate of drug-likeness (QED) is 0.867. The first-order valence-electron chi connectivity index (χ1n) is 4.57. The summed E-state index contributed by atoms with van der Waals surface area (Å²) in [7, 11) is 1.24. The number of carboxylic acids is 1. The Bertz CT molecular complexity index is 409. The Hall–Kier alpha value is -1.70. The van der Waals surface area contributed by atoms with Crippen LogP contribution in [0.4, 0.5) is 13.2 Å². The van der Waals surface area contributed by atoms with Gasteiger partial charge in [-0.1, -0.05) is 0 Å². The largest absolute Gasteiger partial charge is 0.478 e. The Morgan fingerprint density at radius 1 is 1.53 bits per heavy atom. The minimum atomic E-state index is -4.33. The first-order valence-corrected chi connectivity index (χ1v) is 4.57. The van der Waals surface area contributed by atoms with E-state index in [1.807, 2.05) is 0 Å². The van der Waals surface area contributed by atoms with Crippen LogP contribution in [-0.2, 0) is 6.54 Å². The molecule has 0 fully saturated rings. The number of alkyl halides is 3. The van der Waals surface area contributed by atoms with Crippen LogP contribution in [0.25, 0.3) is 0 Å². The lowest BCUT2D eigenvalue weighted by Crippen LogP contribution is -2.31. The van der Waals surface area contributed by atoms with Crippen molar-refractivity contribution < 1.29 is 23.1 Å². The average Bonchev–Trinajstić information content (AvgIpc) is 2.14. The van der Waals surface area contributed by atoms with Crippen molar-refractivity contribution in [2.75, 3.05) is 13.6 Å². The fourth-order valence-electron chi connectivity index (χ4n) is 1.28. The van der Waals surface area contributed by atoms with Crippen molar-refractivity contribution in [1.82, 2.24) is 14.9 Å². The number of carbonyl (C=O) groups is 1. The Kier molecular flexibility index (Phi) is 4.00. The first kappa shape index (κ1) is 13.4. The van der Waals surface area contributed by atoms with Crippen molar-refractivity contribution in [2.45, 2.75) is 12.7 Å². The van der Waals surface area contributed by atoms with Gasteiger partial charge in [-0.2, -0.15) is 13.2 Å². The van der Waals surface area contributed by atoms with Gasteiger partial charge in [0.05, 0.1) is 12.2 Å². The molecule has 0 amide bonds. The van der Waals surface area contributed by atoms with E-state index < -0.39 is 18.7 Å². The summed E-state index contributed by atoms with van der Waals surface area (Å²) in [6, 6.07) is 0. The predicted octanol–water partition coefficient (Wildman–Crippen LogP) is 1.17. The SMILES string of the molecule is CN(Cc1ncncc1C(=O)O)CC(F)(F)F. The molecule has 0 spiro atoms. The zero-order valence-corrected chi connectivity index (χ0v) is 8.90. The van der Waals surface area contributed by atoms with Crippen molar-refractivity contribution in [3.63, 3.8) is 0 Å². The molecule has 0 aliphatic rings. The molecule has 0 saturated heterocycles. The zero-order valence-electron chi connectivity index (χ0n) is 8.90. The van der Waals surface area contributed by atoms with Crippen LogP contribution in [0.5, 0.6) is 0 Å². The Morgan fingerprint density at radius 3 is 2.71 bits per heavy atom. The molecule has 17 heavy (non-hydrogen) atoms. The minimum Gasteiger partial charge on any atom is -0.478 e. The van der Waals surface area contributed by atoms with Crippen LogP contribution in [-0.4, -0.2) is 45.7 Å². The minimum absolute atomic E-state index is 0.0549. The van der Waals surface area contributed by atoms with E-state index in [0.717, 1.165) is 17.4 Å². The molecule has 0 aliphatic carbocycles. The van der Waals surface area contributed by atoms with Crippen molar-refractivity contribution in [3.05, 3.63) is 23.8 Å². The summed E-state index contributed by atoms with van der Waals surface area (Å²) >= 11 is 0. The van der Waals surface area contributed by atoms with E-state index in [-0.39, 0.29) is 17.8 Å². The number of halogens is 3. The molecule has 1 aromatic rings. The zero-order chi connectivity index (χ0) is 13.1. The Labute approximate surface area is 94.9 Å². The van der Waals surface area contributed by atoms with Gasteiger partial charge in [-0.3, -0.25) is 4.90 Å². The molecule has 94 valence electrons. The van der Waals surface area contributed by atoms with Gasteiger partial charge in [0.25, 0.3) is 0 Å². The van der Waals surface area contributed by atoms with Gasteiger partial charge in [-0.05, 0) is 7.05 Å². The summed E-state index contributed by atoms with van der Waals surface area (Å²) in [5.41, 5.74) is -0.138. The molecule has 1 N–H and O–H groups in total. The Balaban J connectivity index is 2.78. The fraction of sp³-hybridized carbons (Fsp3) is 0.444. The molecule has 0 radical (unpaired) electrons. The van der Waals surface area contributed by atoms with Crippen LogP contribution >= 0.6 is 0 Å². The van der Waals surface area contributed by atoms with Gasteiger partial charge >= 0.3 is 12.1 Å². The maximum Gasteiger partial charge on any atom is 0.401 e. The third-order valence-corrected chi connectivity index (χ3v) is 1.89. The standard InChI is InChI=1S/C9H10F3N3O2/c1-15(4-9(10,11)12)3-7-6(8(16)17)2-13-5-14-7/h2,5H,3-4H2,1H3,(H,16,17). The number of aromatic nitrogens is 2. The van der Waals surface area contributed by atoms with Gasteiger partial charge in [-0.15, -0.1) is 0 Å². The molecule has 5 nitrogen and oxygen atoms in total. The highest BCUT2D eigenvalue weighted by Gasteiger charge is 2.29. The lowest BCUT2D eigenvalue weighted by Gasteiger charge is -2.18.